The van der Waals surface area contributed by atoms with Crippen LogP contribution in [-0.4, -0.2) is 72.0 Å². The molecule has 2 aliphatic rings. The van der Waals surface area contributed by atoms with Crippen LogP contribution in [-0.2, 0) is 31.3 Å². The van der Waals surface area contributed by atoms with E-state index in [9.17, 15) is 24.8 Å². The highest BCUT2D eigenvalue weighted by molar-refractivity contribution is 5.89. The SMILES string of the molecule is CCN1C(=O)N2CC1(OCc1ccccc1)c1cc(OCOCCOC)c([N+](=O)[O-])cc1C2C(=O)O. The van der Waals surface area contributed by atoms with Crippen molar-refractivity contribution in [2.45, 2.75) is 25.3 Å². The summed E-state index contributed by atoms with van der Waals surface area (Å²) >= 11 is 0. The van der Waals surface area contributed by atoms with E-state index < -0.39 is 34.4 Å². The van der Waals surface area contributed by atoms with Crippen LogP contribution >= 0.6 is 0 Å². The Morgan fingerprint density at radius 1 is 1.25 bits per heavy atom. The van der Waals surface area contributed by atoms with Gasteiger partial charge >= 0.3 is 17.7 Å². The molecular weight excluding hydrogens is 474 g/mol. The molecule has 2 bridgehead atoms. The molecule has 36 heavy (non-hydrogen) atoms. The fraction of sp³-hybridized carbons (Fsp3) is 0.417. The zero-order valence-corrected chi connectivity index (χ0v) is 19.9. The Morgan fingerprint density at radius 3 is 2.64 bits per heavy atom. The number of rotatable bonds is 12. The van der Waals surface area contributed by atoms with Crippen molar-refractivity contribution in [2.75, 3.05) is 40.2 Å². The quantitative estimate of drug-likeness (QED) is 0.201. The minimum atomic E-state index is -1.41. The number of hydrogen-bond acceptors (Lipinski definition) is 8. The first-order valence-corrected chi connectivity index (χ1v) is 11.3. The first-order valence-electron chi connectivity index (χ1n) is 11.3. The number of ether oxygens (including phenoxy) is 4. The topological polar surface area (TPSA) is 141 Å². The van der Waals surface area contributed by atoms with Gasteiger partial charge in [-0.25, -0.2) is 9.59 Å². The molecule has 2 heterocycles. The molecule has 4 rings (SSSR count). The smallest absolute Gasteiger partial charge is 0.331 e. The van der Waals surface area contributed by atoms with E-state index >= 15 is 0 Å². The number of amides is 2. The van der Waals surface area contributed by atoms with Gasteiger partial charge in [-0.15, -0.1) is 0 Å². The van der Waals surface area contributed by atoms with Crippen LogP contribution in [0.2, 0.25) is 0 Å². The number of carbonyl (C=O) groups excluding carboxylic acids is 1. The zero-order valence-electron chi connectivity index (χ0n) is 19.9. The van der Waals surface area contributed by atoms with Gasteiger partial charge in [0.25, 0.3) is 0 Å². The van der Waals surface area contributed by atoms with E-state index in [2.05, 4.69) is 0 Å². The minimum Gasteiger partial charge on any atom is -0.479 e. The molecule has 2 aromatic carbocycles. The number of nitro benzene ring substituents is 1. The zero-order chi connectivity index (χ0) is 25.9. The summed E-state index contributed by atoms with van der Waals surface area (Å²) in [5, 5.41) is 21.9. The molecular formula is C24H27N3O9. The molecule has 1 N–H and O–H groups in total. The predicted molar refractivity (Wildman–Crippen MR) is 124 cm³/mol. The first-order chi connectivity index (χ1) is 17.3. The van der Waals surface area contributed by atoms with E-state index in [4.69, 9.17) is 18.9 Å². The van der Waals surface area contributed by atoms with Gasteiger partial charge in [0, 0.05) is 30.8 Å². The Kier molecular flexibility index (Phi) is 7.38. The van der Waals surface area contributed by atoms with Crippen molar-refractivity contribution in [3.05, 3.63) is 69.3 Å². The summed E-state index contributed by atoms with van der Waals surface area (Å²) in [5.41, 5.74) is -0.530. The first kappa shape index (κ1) is 25.4. The highest BCUT2D eigenvalue weighted by atomic mass is 16.7. The highest BCUT2D eigenvalue weighted by Crippen LogP contribution is 2.51. The number of benzene rings is 2. The Morgan fingerprint density at radius 2 is 2.00 bits per heavy atom. The van der Waals surface area contributed by atoms with Gasteiger partial charge < -0.3 is 29.0 Å². The van der Waals surface area contributed by atoms with Crippen LogP contribution in [0.1, 0.15) is 29.7 Å². The molecule has 2 aliphatic heterocycles. The molecule has 2 aromatic rings. The summed E-state index contributed by atoms with van der Waals surface area (Å²) < 4.78 is 22.2. The van der Waals surface area contributed by atoms with Crippen LogP contribution in [0, 0.1) is 10.1 Å². The number of carbonyl (C=O) groups is 2. The molecule has 12 nitrogen and oxygen atoms in total. The summed E-state index contributed by atoms with van der Waals surface area (Å²) in [6.07, 6.45) is 0. The number of likely N-dealkylation sites (N-methyl/N-ethyl adjacent to an activating group) is 1. The van der Waals surface area contributed by atoms with Gasteiger partial charge in [0.15, 0.2) is 24.3 Å². The molecule has 2 atom stereocenters. The summed E-state index contributed by atoms with van der Waals surface area (Å²) in [4.78, 5) is 39.4. The Labute approximate surface area is 207 Å². The van der Waals surface area contributed by atoms with Crippen LogP contribution in [0.25, 0.3) is 0 Å². The summed E-state index contributed by atoms with van der Waals surface area (Å²) in [6, 6.07) is 9.92. The number of carboxylic acids is 1. The fourth-order valence-electron chi connectivity index (χ4n) is 4.64. The van der Waals surface area contributed by atoms with Gasteiger partial charge in [0.2, 0.25) is 0 Å². The monoisotopic (exact) mass is 501 g/mol. The molecule has 0 aromatic heterocycles. The lowest BCUT2D eigenvalue weighted by molar-refractivity contribution is -0.386. The molecule has 2 unspecified atom stereocenters. The lowest BCUT2D eigenvalue weighted by Crippen LogP contribution is -2.49. The van der Waals surface area contributed by atoms with Crippen LogP contribution in [0.4, 0.5) is 10.5 Å². The van der Waals surface area contributed by atoms with E-state index in [-0.39, 0.29) is 44.4 Å². The molecule has 12 heteroatoms. The number of nitrogens with zero attached hydrogens (tertiary/aromatic N) is 3. The second kappa shape index (κ2) is 10.5. The number of urea groups is 1. The molecule has 0 spiro atoms. The number of fused-ring (bicyclic) bond motifs is 4. The van der Waals surface area contributed by atoms with Crippen molar-refractivity contribution in [1.29, 1.82) is 0 Å². The minimum absolute atomic E-state index is 0.0575. The average Bonchev–Trinajstić information content (AvgIpc) is 3.11. The second-order valence-corrected chi connectivity index (χ2v) is 8.28. The van der Waals surface area contributed by atoms with Gasteiger partial charge in [-0.1, -0.05) is 30.3 Å². The van der Waals surface area contributed by atoms with Crippen molar-refractivity contribution in [3.8, 4) is 5.75 Å². The number of carboxylic acid groups (broad SMARTS) is 1. The Balaban J connectivity index is 1.81. The maximum absolute atomic E-state index is 13.3. The predicted octanol–water partition coefficient (Wildman–Crippen LogP) is 2.86. The van der Waals surface area contributed by atoms with E-state index in [0.29, 0.717) is 12.2 Å². The van der Waals surface area contributed by atoms with Gasteiger partial charge in [-0.05, 0) is 18.6 Å². The third-order valence-electron chi connectivity index (χ3n) is 6.25. The number of aliphatic carboxylic acids is 1. The fourth-order valence-corrected chi connectivity index (χ4v) is 4.64. The van der Waals surface area contributed by atoms with Gasteiger partial charge in [0.1, 0.15) is 0 Å². The summed E-state index contributed by atoms with van der Waals surface area (Å²) in [7, 11) is 1.51. The molecule has 0 aliphatic carbocycles. The van der Waals surface area contributed by atoms with Crippen molar-refractivity contribution >= 4 is 17.7 Å². The third kappa shape index (κ3) is 4.45. The van der Waals surface area contributed by atoms with E-state index in [1.807, 2.05) is 30.3 Å². The number of methoxy groups -OCH3 is 1. The maximum atomic E-state index is 13.3. The van der Waals surface area contributed by atoms with Gasteiger partial charge in [-0.2, -0.15) is 0 Å². The number of hydrogen-bond donors (Lipinski definition) is 1. The lowest BCUT2D eigenvalue weighted by atomic mass is 9.87. The molecule has 1 saturated heterocycles. The van der Waals surface area contributed by atoms with Crippen LogP contribution in [0.5, 0.6) is 5.75 Å². The average molecular weight is 501 g/mol. The van der Waals surface area contributed by atoms with Gasteiger partial charge in [-0.3, -0.25) is 15.0 Å². The summed E-state index contributed by atoms with van der Waals surface area (Å²) in [6.45, 7) is 2.30. The largest absolute Gasteiger partial charge is 0.479 e. The Bertz CT molecular complexity index is 1140. The van der Waals surface area contributed by atoms with Crippen molar-refractivity contribution < 1.29 is 38.6 Å². The standard InChI is InChI=1S/C24H27N3O9/c1-3-26-23(30)25-14-24(26,36-13-16-7-5-4-6-8-16)18-12-20(35-15-34-10-9-33-2)19(27(31)32)11-17(18)21(25)22(28)29/h4-8,11-12,21H,3,9-10,13-15H2,1-2H3,(H,28,29). The van der Waals surface area contributed by atoms with Crippen LogP contribution in [0.15, 0.2) is 42.5 Å². The lowest BCUT2D eigenvalue weighted by Gasteiger charge is -2.40. The normalized spacial score (nSPS) is 20.4. The van der Waals surface area contributed by atoms with Crippen molar-refractivity contribution in [1.82, 2.24) is 9.80 Å². The van der Waals surface area contributed by atoms with Gasteiger partial charge in [0.05, 0.1) is 31.3 Å². The highest BCUT2D eigenvalue weighted by Gasteiger charge is 2.60. The van der Waals surface area contributed by atoms with Crippen LogP contribution in [0.3, 0.4) is 0 Å². The molecule has 0 saturated carbocycles. The molecule has 2 amide bonds. The maximum Gasteiger partial charge on any atom is 0.331 e. The third-order valence-corrected chi connectivity index (χ3v) is 6.25. The van der Waals surface area contributed by atoms with E-state index in [0.717, 1.165) is 11.6 Å². The number of nitro groups is 1. The molecule has 1 fully saturated rings. The second-order valence-electron chi connectivity index (χ2n) is 8.28. The van der Waals surface area contributed by atoms with E-state index in [1.165, 1.54) is 23.0 Å². The summed E-state index contributed by atoms with van der Waals surface area (Å²) in [5.74, 6) is -1.42. The van der Waals surface area contributed by atoms with Crippen LogP contribution < -0.4 is 4.74 Å². The molecule has 192 valence electrons. The van der Waals surface area contributed by atoms with Crippen molar-refractivity contribution in [3.63, 3.8) is 0 Å². The van der Waals surface area contributed by atoms with Crippen molar-refractivity contribution in [2.24, 2.45) is 0 Å². The Hall–Kier alpha value is -3.74. The molecule has 0 radical (unpaired) electrons. The van der Waals surface area contributed by atoms with E-state index in [1.54, 1.807) is 6.92 Å².